The highest BCUT2D eigenvalue weighted by atomic mass is 32.2. The molecular weight excluding hydrogens is 490 g/mol. The number of benzene rings is 2. The maximum absolute atomic E-state index is 12.6. The molecule has 2 unspecified atom stereocenters. The number of aliphatic imine (C=N–C) groups is 1. The zero-order valence-electron chi connectivity index (χ0n) is 21.7. The van der Waals surface area contributed by atoms with Crippen molar-refractivity contribution in [2.45, 2.75) is 56.8 Å². The molecule has 196 valence electrons. The van der Waals surface area contributed by atoms with E-state index in [4.69, 9.17) is 9.73 Å². The zero-order chi connectivity index (χ0) is 26.7. The fraction of sp³-hybridized carbons (Fsp3) is 0.407. The number of thioether (sulfide) groups is 1. The van der Waals surface area contributed by atoms with Crippen LogP contribution in [0.1, 0.15) is 56.0 Å². The summed E-state index contributed by atoms with van der Waals surface area (Å²) in [5, 5.41) is 31.7. The summed E-state index contributed by atoms with van der Waals surface area (Å²) in [5.41, 5.74) is 2.14. The lowest BCUT2D eigenvalue weighted by Crippen LogP contribution is -2.37. The van der Waals surface area contributed by atoms with Gasteiger partial charge in [-0.1, -0.05) is 12.1 Å². The lowest BCUT2D eigenvalue weighted by molar-refractivity contribution is -0.121. The molecule has 0 bridgehead atoms. The first kappa shape index (κ1) is 26.8. The lowest BCUT2D eigenvalue weighted by Gasteiger charge is -2.24. The monoisotopic (exact) mass is 523 g/mol. The van der Waals surface area contributed by atoms with Crippen molar-refractivity contribution in [2.75, 3.05) is 19.4 Å². The predicted molar refractivity (Wildman–Crippen MR) is 144 cm³/mol. The first-order valence-corrected chi connectivity index (χ1v) is 13.2. The van der Waals surface area contributed by atoms with Crippen LogP contribution in [-0.2, 0) is 4.79 Å². The number of aryl methyl sites for hydroxylation is 1. The van der Waals surface area contributed by atoms with E-state index in [1.807, 2.05) is 60.9 Å². The van der Waals surface area contributed by atoms with Crippen molar-refractivity contribution in [3.63, 3.8) is 0 Å². The highest BCUT2D eigenvalue weighted by Gasteiger charge is 2.30. The molecule has 3 N–H and O–H groups in total. The topological polar surface area (TPSA) is 122 Å². The summed E-state index contributed by atoms with van der Waals surface area (Å²) in [5.74, 6) is 2.26. The molecule has 0 radical (unpaired) electrons. The molecule has 2 aromatic carbocycles. The number of nitrogens with one attached hydrogen (secondary N) is 1. The SMILES string of the molecule is CCNC(=O)CC1N=C(c2ccc(SCC(O)C(C)(C)O)cc2)c2cc(OC)ccc2-n2c(C)nnc21. The van der Waals surface area contributed by atoms with Crippen molar-refractivity contribution in [1.29, 1.82) is 0 Å². The molecule has 1 amide bonds. The number of ether oxygens (including phenoxy) is 1. The second-order valence-corrected chi connectivity index (χ2v) is 10.6. The molecule has 0 saturated heterocycles. The Morgan fingerprint density at radius 1 is 1.22 bits per heavy atom. The molecule has 37 heavy (non-hydrogen) atoms. The molecule has 3 aromatic rings. The van der Waals surface area contributed by atoms with Crippen molar-refractivity contribution >= 4 is 23.4 Å². The van der Waals surface area contributed by atoms with Gasteiger partial charge >= 0.3 is 0 Å². The summed E-state index contributed by atoms with van der Waals surface area (Å²) in [4.78, 5) is 18.6. The summed E-state index contributed by atoms with van der Waals surface area (Å²) in [6, 6.07) is 13.1. The summed E-state index contributed by atoms with van der Waals surface area (Å²) < 4.78 is 7.48. The second kappa shape index (κ2) is 11.0. The summed E-state index contributed by atoms with van der Waals surface area (Å²) >= 11 is 1.47. The maximum Gasteiger partial charge on any atom is 0.222 e. The third-order valence-electron chi connectivity index (χ3n) is 6.24. The minimum atomic E-state index is -1.17. The minimum Gasteiger partial charge on any atom is -0.497 e. The van der Waals surface area contributed by atoms with E-state index in [0.717, 1.165) is 27.4 Å². The molecule has 2 atom stereocenters. The fourth-order valence-corrected chi connectivity index (χ4v) is 5.19. The molecule has 1 aromatic heterocycles. The van der Waals surface area contributed by atoms with Gasteiger partial charge in [-0.2, -0.15) is 0 Å². The third-order valence-corrected chi connectivity index (χ3v) is 7.32. The number of fused-ring (bicyclic) bond motifs is 3. The number of nitrogens with zero attached hydrogens (tertiary/aromatic N) is 4. The van der Waals surface area contributed by atoms with Gasteiger partial charge in [-0.15, -0.1) is 22.0 Å². The Labute approximate surface area is 221 Å². The molecule has 2 heterocycles. The van der Waals surface area contributed by atoms with Crippen LogP contribution in [0.5, 0.6) is 5.75 Å². The molecule has 1 aliphatic rings. The van der Waals surface area contributed by atoms with Crippen LogP contribution in [0.4, 0.5) is 0 Å². The van der Waals surface area contributed by atoms with E-state index in [-0.39, 0.29) is 12.3 Å². The van der Waals surface area contributed by atoms with Crippen LogP contribution >= 0.6 is 11.8 Å². The number of aliphatic hydroxyl groups excluding tert-OH is 1. The van der Waals surface area contributed by atoms with Crippen LogP contribution in [0.3, 0.4) is 0 Å². The van der Waals surface area contributed by atoms with Gasteiger partial charge in [0.1, 0.15) is 17.6 Å². The number of methoxy groups -OCH3 is 1. The Balaban J connectivity index is 1.77. The largest absolute Gasteiger partial charge is 0.497 e. The average Bonchev–Trinajstić information content (AvgIpc) is 3.19. The highest BCUT2D eigenvalue weighted by molar-refractivity contribution is 7.99. The van der Waals surface area contributed by atoms with E-state index in [0.29, 0.717) is 29.7 Å². The third kappa shape index (κ3) is 5.87. The van der Waals surface area contributed by atoms with Crippen LogP contribution in [0.2, 0.25) is 0 Å². The molecule has 0 aliphatic carbocycles. The Morgan fingerprint density at radius 2 is 1.95 bits per heavy atom. The lowest BCUT2D eigenvalue weighted by atomic mass is 10.00. The Bertz CT molecular complexity index is 1300. The van der Waals surface area contributed by atoms with Gasteiger partial charge < -0.3 is 20.3 Å². The summed E-state index contributed by atoms with van der Waals surface area (Å²) in [6.07, 6.45) is -0.708. The number of aliphatic hydroxyl groups is 2. The van der Waals surface area contributed by atoms with Crippen LogP contribution < -0.4 is 10.1 Å². The maximum atomic E-state index is 12.6. The first-order chi connectivity index (χ1) is 17.6. The fourth-order valence-electron chi connectivity index (χ4n) is 4.10. The number of aromatic nitrogens is 3. The normalized spacial score (nSPS) is 15.8. The number of rotatable bonds is 9. The van der Waals surface area contributed by atoms with Crippen molar-refractivity contribution in [3.05, 3.63) is 65.2 Å². The van der Waals surface area contributed by atoms with Gasteiger partial charge in [-0.3, -0.25) is 14.4 Å². The number of amides is 1. The number of hydrogen-bond donors (Lipinski definition) is 3. The van der Waals surface area contributed by atoms with E-state index >= 15 is 0 Å². The smallest absolute Gasteiger partial charge is 0.222 e. The van der Waals surface area contributed by atoms with Crippen LogP contribution in [0.15, 0.2) is 52.4 Å². The van der Waals surface area contributed by atoms with Crippen LogP contribution in [-0.4, -0.2) is 67.7 Å². The molecule has 0 spiro atoms. The summed E-state index contributed by atoms with van der Waals surface area (Å²) in [6.45, 7) is 7.49. The highest BCUT2D eigenvalue weighted by Crippen LogP contribution is 2.34. The van der Waals surface area contributed by atoms with E-state index in [1.165, 1.54) is 11.8 Å². The Morgan fingerprint density at radius 3 is 2.59 bits per heavy atom. The zero-order valence-corrected chi connectivity index (χ0v) is 22.5. The van der Waals surface area contributed by atoms with Gasteiger partial charge in [0, 0.05) is 28.3 Å². The molecule has 10 heteroatoms. The van der Waals surface area contributed by atoms with Gasteiger partial charge in [0.25, 0.3) is 0 Å². The van der Waals surface area contributed by atoms with Crippen molar-refractivity contribution in [3.8, 4) is 11.4 Å². The van der Waals surface area contributed by atoms with Gasteiger partial charge in [-0.05, 0) is 58.0 Å². The molecule has 1 aliphatic heterocycles. The van der Waals surface area contributed by atoms with Crippen molar-refractivity contribution in [1.82, 2.24) is 20.1 Å². The van der Waals surface area contributed by atoms with Gasteiger partial charge in [0.05, 0.1) is 36.6 Å². The summed E-state index contributed by atoms with van der Waals surface area (Å²) in [7, 11) is 1.62. The average molecular weight is 524 g/mol. The van der Waals surface area contributed by atoms with E-state index in [2.05, 4.69) is 15.5 Å². The first-order valence-electron chi connectivity index (χ1n) is 12.2. The Kier molecular flexibility index (Phi) is 8.01. The Hall–Kier alpha value is -3.21. The van der Waals surface area contributed by atoms with E-state index in [9.17, 15) is 15.0 Å². The van der Waals surface area contributed by atoms with E-state index < -0.39 is 17.7 Å². The molecule has 0 saturated carbocycles. The molecule has 4 rings (SSSR count). The molecule has 0 fully saturated rings. The standard InChI is InChI=1S/C27H33N5O4S/c1-6-28-24(34)14-21-26-31-30-16(2)32(26)22-12-9-18(36-5)13-20(22)25(29-21)17-7-10-19(11-8-17)37-15-23(33)27(3,4)35/h7-13,21,23,33,35H,6,14-15H2,1-5H3,(H,28,34). The molecule has 9 nitrogen and oxygen atoms in total. The van der Waals surface area contributed by atoms with E-state index in [1.54, 1.807) is 21.0 Å². The predicted octanol–water partition coefficient (Wildman–Crippen LogP) is 3.23. The minimum absolute atomic E-state index is 0.108. The van der Waals surface area contributed by atoms with Gasteiger partial charge in [-0.25, -0.2) is 0 Å². The second-order valence-electron chi connectivity index (χ2n) is 9.48. The van der Waals surface area contributed by atoms with Gasteiger partial charge in [0.15, 0.2) is 5.82 Å². The van der Waals surface area contributed by atoms with Crippen LogP contribution in [0.25, 0.3) is 5.69 Å². The quantitative estimate of drug-likeness (QED) is 0.368. The molecular formula is C27H33N5O4S. The number of hydrogen-bond acceptors (Lipinski definition) is 8. The van der Waals surface area contributed by atoms with Gasteiger partial charge in [0.2, 0.25) is 5.91 Å². The number of carbonyl (C=O) groups is 1. The van der Waals surface area contributed by atoms with Crippen molar-refractivity contribution in [2.24, 2.45) is 4.99 Å². The number of carbonyl (C=O) groups excluding carboxylic acids is 1. The van der Waals surface area contributed by atoms with Crippen LogP contribution in [0, 0.1) is 6.92 Å². The van der Waals surface area contributed by atoms with Crippen molar-refractivity contribution < 1.29 is 19.7 Å².